The number of ketones is 1. The summed E-state index contributed by atoms with van der Waals surface area (Å²) in [6, 6.07) is 0. The van der Waals surface area contributed by atoms with Crippen LogP contribution in [0, 0.1) is 27.7 Å². The zero-order chi connectivity index (χ0) is 11.0. The van der Waals surface area contributed by atoms with E-state index < -0.39 is 0 Å². The molecule has 14 heavy (non-hydrogen) atoms. The molecule has 1 aromatic carbocycles. The molecule has 0 amide bonds. The summed E-state index contributed by atoms with van der Waals surface area (Å²) in [5.41, 5.74) is 4.30. The lowest BCUT2D eigenvalue weighted by Gasteiger charge is -2.14. The highest BCUT2D eigenvalue weighted by atomic mass is 16.3. The van der Waals surface area contributed by atoms with Gasteiger partial charge in [0.2, 0.25) is 0 Å². The maximum Gasteiger partial charge on any atom is 0.163 e. The minimum absolute atomic E-state index is 0.0776. The predicted octanol–water partition coefficient (Wildman–Crippen LogP) is 2.83. The lowest BCUT2D eigenvalue weighted by molar-refractivity contribution is 0.101. The van der Waals surface area contributed by atoms with Crippen LogP contribution in [-0.4, -0.2) is 10.9 Å². The molecule has 0 radical (unpaired) electrons. The Morgan fingerprint density at radius 3 is 1.79 bits per heavy atom. The van der Waals surface area contributed by atoms with E-state index in [1.54, 1.807) is 0 Å². The molecular formula is C12H16O2. The van der Waals surface area contributed by atoms with E-state index in [1.165, 1.54) is 6.92 Å². The van der Waals surface area contributed by atoms with Crippen LogP contribution in [-0.2, 0) is 0 Å². The van der Waals surface area contributed by atoms with Crippen LogP contribution in [0.15, 0.2) is 0 Å². The standard InChI is InChI=1S/C12H16O2/c1-6-7(2)9(4)12(14)11(8(6)3)10(5)13/h14H,1-5H3. The summed E-state index contributed by atoms with van der Waals surface area (Å²) in [7, 11) is 0. The summed E-state index contributed by atoms with van der Waals surface area (Å²) in [4.78, 5) is 11.3. The number of carbonyl (C=O) groups excluding carboxylic acids is 1. The maximum absolute atomic E-state index is 11.3. The van der Waals surface area contributed by atoms with Crippen LogP contribution in [0.1, 0.15) is 39.5 Å². The highest BCUT2D eigenvalue weighted by Gasteiger charge is 2.16. The van der Waals surface area contributed by atoms with E-state index in [4.69, 9.17) is 0 Å². The average molecular weight is 192 g/mol. The smallest absolute Gasteiger partial charge is 0.163 e. The predicted molar refractivity (Wildman–Crippen MR) is 57.1 cm³/mol. The molecule has 0 fully saturated rings. The molecule has 0 saturated carbocycles. The molecule has 1 N–H and O–H groups in total. The topological polar surface area (TPSA) is 37.3 Å². The Bertz CT molecular complexity index is 374. The van der Waals surface area contributed by atoms with Gasteiger partial charge in [-0.15, -0.1) is 0 Å². The Kier molecular flexibility index (Phi) is 2.65. The van der Waals surface area contributed by atoms with Crippen LogP contribution in [0.25, 0.3) is 0 Å². The van der Waals surface area contributed by atoms with E-state index in [0.29, 0.717) is 5.56 Å². The molecule has 1 aromatic rings. The van der Waals surface area contributed by atoms with Crippen LogP contribution in [0.5, 0.6) is 5.75 Å². The first-order chi connectivity index (χ1) is 6.37. The molecule has 1 rings (SSSR count). The van der Waals surface area contributed by atoms with E-state index in [-0.39, 0.29) is 11.5 Å². The van der Waals surface area contributed by atoms with Gasteiger partial charge in [-0.1, -0.05) is 0 Å². The summed E-state index contributed by atoms with van der Waals surface area (Å²) in [5.74, 6) is 0.0595. The highest BCUT2D eigenvalue weighted by Crippen LogP contribution is 2.31. The van der Waals surface area contributed by atoms with Gasteiger partial charge in [0.05, 0.1) is 5.56 Å². The molecule has 0 bridgehead atoms. The summed E-state index contributed by atoms with van der Waals surface area (Å²) in [5, 5.41) is 9.83. The van der Waals surface area contributed by atoms with Gasteiger partial charge in [-0.25, -0.2) is 0 Å². The van der Waals surface area contributed by atoms with Crippen molar-refractivity contribution in [3.8, 4) is 5.75 Å². The zero-order valence-electron chi connectivity index (χ0n) is 9.36. The molecule has 0 aromatic heterocycles. The van der Waals surface area contributed by atoms with Gasteiger partial charge in [-0.2, -0.15) is 0 Å². The number of hydrogen-bond donors (Lipinski definition) is 1. The Balaban J connectivity index is 3.68. The van der Waals surface area contributed by atoms with Crippen molar-refractivity contribution < 1.29 is 9.90 Å². The third kappa shape index (κ3) is 1.41. The quantitative estimate of drug-likeness (QED) is 0.695. The molecule has 0 atom stereocenters. The molecule has 2 heteroatoms. The fourth-order valence-electron chi connectivity index (χ4n) is 1.72. The summed E-state index contributed by atoms with van der Waals surface area (Å²) in [6.07, 6.45) is 0. The first-order valence-electron chi connectivity index (χ1n) is 4.68. The Hall–Kier alpha value is -1.31. The van der Waals surface area contributed by atoms with Gasteiger partial charge in [0.15, 0.2) is 5.78 Å². The lowest BCUT2D eigenvalue weighted by Crippen LogP contribution is -2.03. The van der Waals surface area contributed by atoms with Gasteiger partial charge in [-0.05, 0) is 56.9 Å². The molecule has 0 aliphatic rings. The molecule has 0 aliphatic heterocycles. The average Bonchev–Trinajstić information content (AvgIpc) is 2.11. The van der Waals surface area contributed by atoms with E-state index in [9.17, 15) is 9.90 Å². The van der Waals surface area contributed by atoms with Gasteiger partial charge in [0.25, 0.3) is 0 Å². The summed E-state index contributed by atoms with van der Waals surface area (Å²) >= 11 is 0. The molecule has 0 heterocycles. The van der Waals surface area contributed by atoms with Crippen LogP contribution < -0.4 is 0 Å². The van der Waals surface area contributed by atoms with E-state index >= 15 is 0 Å². The molecule has 0 spiro atoms. The summed E-state index contributed by atoms with van der Waals surface area (Å²) in [6.45, 7) is 9.13. The van der Waals surface area contributed by atoms with Crippen molar-refractivity contribution in [1.29, 1.82) is 0 Å². The van der Waals surface area contributed by atoms with E-state index in [0.717, 1.165) is 22.3 Å². The number of carbonyl (C=O) groups is 1. The first kappa shape index (κ1) is 10.8. The van der Waals surface area contributed by atoms with Crippen molar-refractivity contribution in [2.75, 3.05) is 0 Å². The van der Waals surface area contributed by atoms with E-state index in [2.05, 4.69) is 0 Å². The molecular weight excluding hydrogens is 176 g/mol. The van der Waals surface area contributed by atoms with Crippen LogP contribution in [0.3, 0.4) is 0 Å². The largest absolute Gasteiger partial charge is 0.507 e. The number of phenols is 1. The second-order valence-corrected chi connectivity index (χ2v) is 3.78. The number of benzene rings is 1. The third-order valence-corrected chi connectivity index (χ3v) is 3.01. The number of Topliss-reactive ketones (excluding diaryl/α,β-unsaturated/α-hetero) is 1. The maximum atomic E-state index is 11.3. The highest BCUT2D eigenvalue weighted by molar-refractivity contribution is 5.99. The molecule has 0 unspecified atom stereocenters. The fraction of sp³-hybridized carbons (Fsp3) is 0.417. The zero-order valence-corrected chi connectivity index (χ0v) is 9.36. The first-order valence-corrected chi connectivity index (χ1v) is 4.68. The Labute approximate surface area is 84.6 Å². The minimum Gasteiger partial charge on any atom is -0.507 e. The van der Waals surface area contributed by atoms with Gasteiger partial charge < -0.3 is 5.11 Å². The minimum atomic E-state index is -0.0776. The summed E-state index contributed by atoms with van der Waals surface area (Å²) < 4.78 is 0. The van der Waals surface area contributed by atoms with Crippen molar-refractivity contribution in [2.45, 2.75) is 34.6 Å². The number of rotatable bonds is 1. The van der Waals surface area contributed by atoms with E-state index in [1.807, 2.05) is 27.7 Å². The van der Waals surface area contributed by atoms with Crippen molar-refractivity contribution in [2.24, 2.45) is 0 Å². The second kappa shape index (κ2) is 3.45. The van der Waals surface area contributed by atoms with Crippen molar-refractivity contribution in [3.05, 3.63) is 27.8 Å². The third-order valence-electron chi connectivity index (χ3n) is 3.01. The SMILES string of the molecule is CC(=O)c1c(C)c(C)c(C)c(C)c1O. The van der Waals surface area contributed by atoms with Gasteiger partial charge in [-0.3, -0.25) is 4.79 Å². The normalized spacial score (nSPS) is 10.4. The number of aromatic hydroxyl groups is 1. The van der Waals surface area contributed by atoms with Crippen molar-refractivity contribution >= 4 is 5.78 Å². The van der Waals surface area contributed by atoms with Gasteiger partial charge in [0.1, 0.15) is 5.75 Å². The monoisotopic (exact) mass is 192 g/mol. The Morgan fingerprint density at radius 1 is 0.929 bits per heavy atom. The lowest BCUT2D eigenvalue weighted by atomic mass is 9.92. The number of hydrogen-bond acceptors (Lipinski definition) is 2. The van der Waals surface area contributed by atoms with Crippen LogP contribution in [0.2, 0.25) is 0 Å². The van der Waals surface area contributed by atoms with Crippen LogP contribution in [0.4, 0.5) is 0 Å². The Morgan fingerprint density at radius 2 is 1.36 bits per heavy atom. The molecule has 76 valence electrons. The second-order valence-electron chi connectivity index (χ2n) is 3.78. The van der Waals surface area contributed by atoms with Gasteiger partial charge >= 0.3 is 0 Å². The van der Waals surface area contributed by atoms with Crippen molar-refractivity contribution in [1.82, 2.24) is 0 Å². The molecule has 2 nitrogen and oxygen atoms in total. The molecule has 0 aliphatic carbocycles. The van der Waals surface area contributed by atoms with Crippen molar-refractivity contribution in [3.63, 3.8) is 0 Å². The fourth-order valence-corrected chi connectivity index (χ4v) is 1.72. The van der Waals surface area contributed by atoms with Crippen LogP contribution >= 0.6 is 0 Å². The molecule has 0 saturated heterocycles. The number of phenolic OH excluding ortho intramolecular Hbond substituents is 1. The van der Waals surface area contributed by atoms with Gasteiger partial charge in [0, 0.05) is 0 Å².